The molecule has 1 heterocycles. The standard InChI is InChI=1S/C13H16N4O2/c1-17-9-10(8-15-17)7-14-13(18)16-11-4-3-5-12(6-11)19-2/h3-6,8-9H,7H2,1-2H3,(H2,14,16,18). The third-order valence-electron chi connectivity index (χ3n) is 2.54. The van der Waals surface area contributed by atoms with E-state index in [2.05, 4.69) is 15.7 Å². The molecule has 0 fully saturated rings. The predicted octanol–water partition coefficient (Wildman–Crippen LogP) is 1.75. The van der Waals surface area contributed by atoms with Gasteiger partial charge in [0.15, 0.2) is 0 Å². The van der Waals surface area contributed by atoms with E-state index in [4.69, 9.17) is 4.74 Å². The van der Waals surface area contributed by atoms with Crippen molar-refractivity contribution in [2.45, 2.75) is 6.54 Å². The lowest BCUT2D eigenvalue weighted by Gasteiger charge is -2.07. The Hall–Kier alpha value is -2.50. The van der Waals surface area contributed by atoms with E-state index in [1.54, 1.807) is 30.1 Å². The van der Waals surface area contributed by atoms with Crippen molar-refractivity contribution in [3.05, 3.63) is 42.2 Å². The van der Waals surface area contributed by atoms with Crippen LogP contribution in [0.3, 0.4) is 0 Å². The number of anilines is 1. The zero-order valence-corrected chi connectivity index (χ0v) is 10.9. The van der Waals surface area contributed by atoms with Crippen molar-refractivity contribution >= 4 is 11.7 Å². The maximum absolute atomic E-state index is 11.7. The molecule has 100 valence electrons. The SMILES string of the molecule is COc1cccc(NC(=O)NCc2cnn(C)c2)c1. The van der Waals surface area contributed by atoms with Crippen LogP contribution in [0.1, 0.15) is 5.56 Å². The highest BCUT2D eigenvalue weighted by Gasteiger charge is 2.03. The number of hydrogen-bond donors (Lipinski definition) is 2. The summed E-state index contributed by atoms with van der Waals surface area (Å²) in [5.74, 6) is 0.699. The molecule has 6 heteroatoms. The summed E-state index contributed by atoms with van der Waals surface area (Å²) in [6, 6.07) is 6.92. The monoisotopic (exact) mass is 260 g/mol. The van der Waals surface area contributed by atoms with Crippen molar-refractivity contribution in [2.24, 2.45) is 7.05 Å². The van der Waals surface area contributed by atoms with Gasteiger partial charge in [-0.15, -0.1) is 0 Å². The number of benzene rings is 1. The Labute approximate surface area is 111 Å². The van der Waals surface area contributed by atoms with E-state index in [0.717, 1.165) is 5.56 Å². The Morgan fingerprint density at radius 1 is 1.47 bits per heavy atom. The molecule has 0 unspecified atom stereocenters. The van der Waals surface area contributed by atoms with Crippen LogP contribution in [0.2, 0.25) is 0 Å². The number of aromatic nitrogens is 2. The highest BCUT2D eigenvalue weighted by Crippen LogP contribution is 2.16. The molecule has 2 rings (SSSR count). The number of nitrogens with one attached hydrogen (secondary N) is 2. The van der Waals surface area contributed by atoms with Crippen LogP contribution < -0.4 is 15.4 Å². The summed E-state index contributed by atoms with van der Waals surface area (Å²) in [5, 5.41) is 9.52. The van der Waals surface area contributed by atoms with Gasteiger partial charge in [-0.25, -0.2) is 4.79 Å². The smallest absolute Gasteiger partial charge is 0.319 e. The maximum Gasteiger partial charge on any atom is 0.319 e. The van der Waals surface area contributed by atoms with Crippen LogP contribution in [0, 0.1) is 0 Å². The predicted molar refractivity (Wildman–Crippen MR) is 72.1 cm³/mol. The van der Waals surface area contributed by atoms with E-state index in [0.29, 0.717) is 18.0 Å². The number of ether oxygens (including phenoxy) is 1. The molecule has 0 spiro atoms. The van der Waals surface area contributed by atoms with Gasteiger partial charge in [0.25, 0.3) is 0 Å². The molecule has 0 atom stereocenters. The van der Waals surface area contributed by atoms with Crippen LogP contribution in [0.5, 0.6) is 5.75 Å². The van der Waals surface area contributed by atoms with E-state index in [9.17, 15) is 4.79 Å². The van der Waals surface area contributed by atoms with Crippen LogP contribution in [0.4, 0.5) is 10.5 Å². The molecule has 0 radical (unpaired) electrons. The van der Waals surface area contributed by atoms with Gasteiger partial charge in [0.1, 0.15) is 5.75 Å². The summed E-state index contributed by atoms with van der Waals surface area (Å²) in [7, 11) is 3.42. The lowest BCUT2D eigenvalue weighted by molar-refractivity contribution is 0.251. The normalized spacial score (nSPS) is 10.0. The van der Waals surface area contributed by atoms with Crippen molar-refractivity contribution < 1.29 is 9.53 Å². The van der Waals surface area contributed by atoms with E-state index in [1.165, 1.54) is 0 Å². The van der Waals surface area contributed by atoms with E-state index in [1.807, 2.05) is 25.4 Å². The first-order chi connectivity index (χ1) is 9.17. The second-order valence-electron chi connectivity index (χ2n) is 4.06. The molecule has 0 saturated heterocycles. The fraction of sp³-hybridized carbons (Fsp3) is 0.231. The average molecular weight is 260 g/mol. The van der Waals surface area contributed by atoms with Gasteiger partial charge in [-0.2, -0.15) is 5.10 Å². The van der Waals surface area contributed by atoms with Crippen molar-refractivity contribution in [1.82, 2.24) is 15.1 Å². The maximum atomic E-state index is 11.7. The summed E-state index contributed by atoms with van der Waals surface area (Å²) in [5.41, 5.74) is 1.63. The molecule has 2 amide bonds. The average Bonchev–Trinajstić information content (AvgIpc) is 2.82. The van der Waals surface area contributed by atoms with Gasteiger partial charge >= 0.3 is 6.03 Å². The fourth-order valence-corrected chi connectivity index (χ4v) is 1.62. The largest absolute Gasteiger partial charge is 0.497 e. The number of amides is 2. The topological polar surface area (TPSA) is 68.2 Å². The zero-order valence-electron chi connectivity index (χ0n) is 10.9. The highest BCUT2D eigenvalue weighted by molar-refractivity contribution is 5.89. The second kappa shape index (κ2) is 5.90. The van der Waals surface area contributed by atoms with E-state index < -0.39 is 0 Å². The minimum absolute atomic E-state index is 0.267. The molecule has 2 N–H and O–H groups in total. The number of rotatable bonds is 4. The Kier molecular flexibility index (Phi) is 4.02. The van der Waals surface area contributed by atoms with E-state index in [-0.39, 0.29) is 6.03 Å². The Bertz CT molecular complexity index is 565. The van der Waals surface area contributed by atoms with Crippen LogP contribution in [0.15, 0.2) is 36.7 Å². The molecule has 0 aliphatic rings. The van der Waals surface area contributed by atoms with Crippen molar-refractivity contribution in [3.8, 4) is 5.75 Å². The Morgan fingerprint density at radius 2 is 2.32 bits per heavy atom. The number of aryl methyl sites for hydroxylation is 1. The quantitative estimate of drug-likeness (QED) is 0.880. The van der Waals surface area contributed by atoms with Crippen LogP contribution >= 0.6 is 0 Å². The van der Waals surface area contributed by atoms with Crippen LogP contribution in [-0.2, 0) is 13.6 Å². The third-order valence-corrected chi connectivity index (χ3v) is 2.54. The second-order valence-corrected chi connectivity index (χ2v) is 4.06. The first-order valence-corrected chi connectivity index (χ1v) is 5.84. The number of hydrogen-bond acceptors (Lipinski definition) is 3. The summed E-state index contributed by atoms with van der Waals surface area (Å²) < 4.78 is 6.78. The molecular formula is C13H16N4O2. The van der Waals surface area contributed by atoms with Crippen LogP contribution in [0.25, 0.3) is 0 Å². The molecule has 1 aromatic carbocycles. The zero-order chi connectivity index (χ0) is 13.7. The molecule has 6 nitrogen and oxygen atoms in total. The third kappa shape index (κ3) is 3.74. The van der Waals surface area contributed by atoms with Gasteiger partial charge in [0, 0.05) is 37.1 Å². The molecule has 2 aromatic rings. The Balaban J connectivity index is 1.86. The van der Waals surface area contributed by atoms with Gasteiger partial charge < -0.3 is 15.4 Å². The molecule has 19 heavy (non-hydrogen) atoms. The van der Waals surface area contributed by atoms with Crippen molar-refractivity contribution in [2.75, 3.05) is 12.4 Å². The van der Waals surface area contributed by atoms with E-state index >= 15 is 0 Å². The fourth-order valence-electron chi connectivity index (χ4n) is 1.62. The first-order valence-electron chi connectivity index (χ1n) is 5.84. The molecular weight excluding hydrogens is 244 g/mol. The molecule has 0 aliphatic carbocycles. The molecule has 0 aliphatic heterocycles. The van der Waals surface area contributed by atoms with Gasteiger partial charge in [-0.05, 0) is 12.1 Å². The van der Waals surface area contributed by atoms with Crippen molar-refractivity contribution in [1.29, 1.82) is 0 Å². The van der Waals surface area contributed by atoms with Gasteiger partial charge in [0.2, 0.25) is 0 Å². The van der Waals surface area contributed by atoms with Crippen LogP contribution in [-0.4, -0.2) is 22.9 Å². The number of methoxy groups -OCH3 is 1. The Morgan fingerprint density at radius 3 is 3.00 bits per heavy atom. The first kappa shape index (κ1) is 12.9. The lowest BCUT2D eigenvalue weighted by Crippen LogP contribution is -2.28. The number of nitrogens with zero attached hydrogens (tertiary/aromatic N) is 2. The number of carbonyl (C=O) groups excluding carboxylic acids is 1. The minimum Gasteiger partial charge on any atom is -0.497 e. The number of urea groups is 1. The molecule has 1 aromatic heterocycles. The van der Waals surface area contributed by atoms with Gasteiger partial charge in [0.05, 0.1) is 13.3 Å². The lowest BCUT2D eigenvalue weighted by atomic mass is 10.3. The molecule has 0 saturated carbocycles. The minimum atomic E-state index is -0.267. The molecule has 0 bridgehead atoms. The van der Waals surface area contributed by atoms with Gasteiger partial charge in [-0.3, -0.25) is 4.68 Å². The highest BCUT2D eigenvalue weighted by atomic mass is 16.5. The van der Waals surface area contributed by atoms with Gasteiger partial charge in [-0.1, -0.05) is 6.07 Å². The summed E-state index contributed by atoms with van der Waals surface area (Å²) in [6.07, 6.45) is 3.57. The summed E-state index contributed by atoms with van der Waals surface area (Å²) >= 11 is 0. The number of carbonyl (C=O) groups is 1. The van der Waals surface area contributed by atoms with Crippen molar-refractivity contribution in [3.63, 3.8) is 0 Å². The summed E-state index contributed by atoms with van der Waals surface area (Å²) in [4.78, 5) is 11.7. The summed E-state index contributed by atoms with van der Waals surface area (Å²) in [6.45, 7) is 0.434.